The minimum Gasteiger partial charge on any atom is -0.490 e. The molecular formula is C40H44ClFN10O4. The zero-order chi connectivity index (χ0) is 38.8. The Kier molecular flexibility index (Phi) is 11.0. The van der Waals surface area contributed by atoms with E-state index in [0.717, 1.165) is 89.9 Å². The topological polar surface area (TPSA) is 162 Å². The third-order valence-corrected chi connectivity index (χ3v) is 11.9. The number of ether oxygens (including phenoxy) is 1. The minimum atomic E-state index is -0.544. The minimum absolute atomic E-state index is 0.0218. The molecule has 56 heavy (non-hydrogen) atoms. The van der Waals surface area contributed by atoms with Crippen LogP contribution in [0.3, 0.4) is 0 Å². The summed E-state index contributed by atoms with van der Waals surface area (Å²) in [5.74, 6) is 0.984. The van der Waals surface area contributed by atoms with Crippen molar-refractivity contribution in [1.29, 1.82) is 5.26 Å². The van der Waals surface area contributed by atoms with E-state index in [0.29, 0.717) is 44.5 Å². The smallest absolute Gasteiger partial charge is 0.328 e. The molecular weight excluding hydrogens is 739 g/mol. The summed E-state index contributed by atoms with van der Waals surface area (Å²) in [7, 11) is 0. The summed E-state index contributed by atoms with van der Waals surface area (Å²) in [6.45, 7) is 4.80. The van der Waals surface area contributed by atoms with Crippen molar-refractivity contribution >= 4 is 51.9 Å². The molecule has 0 spiro atoms. The molecule has 4 aromatic rings. The number of carbonyl (C=O) groups is 3. The van der Waals surface area contributed by atoms with Gasteiger partial charge in [-0.3, -0.25) is 24.5 Å². The van der Waals surface area contributed by atoms with Gasteiger partial charge in [-0.2, -0.15) is 10.4 Å². The van der Waals surface area contributed by atoms with Gasteiger partial charge in [-0.15, -0.1) is 10.2 Å². The number of nitriles is 1. The summed E-state index contributed by atoms with van der Waals surface area (Å²) in [6, 6.07) is 13.2. The quantitative estimate of drug-likeness (QED) is 0.218. The van der Waals surface area contributed by atoms with Gasteiger partial charge >= 0.3 is 6.03 Å². The highest BCUT2D eigenvalue weighted by Gasteiger charge is 2.30. The van der Waals surface area contributed by atoms with Gasteiger partial charge in [0, 0.05) is 63.2 Å². The first-order chi connectivity index (χ1) is 27.2. The second kappa shape index (κ2) is 16.4. The molecule has 0 unspecified atom stereocenters. The maximum atomic E-state index is 14.8. The van der Waals surface area contributed by atoms with Crippen LogP contribution in [0, 0.1) is 23.1 Å². The first-order valence-electron chi connectivity index (χ1n) is 19.5. The molecule has 8 rings (SSSR count). The van der Waals surface area contributed by atoms with E-state index in [1.807, 2.05) is 10.7 Å². The van der Waals surface area contributed by atoms with Crippen LogP contribution in [-0.2, 0) is 4.79 Å². The van der Waals surface area contributed by atoms with E-state index >= 15 is 0 Å². The third kappa shape index (κ3) is 8.27. The highest BCUT2D eigenvalue weighted by atomic mass is 35.5. The van der Waals surface area contributed by atoms with Crippen molar-refractivity contribution in [3.05, 3.63) is 70.8 Å². The van der Waals surface area contributed by atoms with E-state index in [9.17, 15) is 18.8 Å². The molecule has 4 aliphatic rings. The van der Waals surface area contributed by atoms with E-state index in [-0.39, 0.29) is 43.0 Å². The number of nitrogens with zero attached hydrogens (tertiary/aromatic N) is 8. The van der Waals surface area contributed by atoms with E-state index in [4.69, 9.17) is 21.6 Å². The first-order valence-corrected chi connectivity index (χ1v) is 19.8. The van der Waals surface area contributed by atoms with Crippen LogP contribution in [0.2, 0.25) is 5.02 Å². The van der Waals surface area contributed by atoms with Crippen molar-refractivity contribution in [2.45, 2.75) is 76.0 Å². The molecule has 0 radical (unpaired) electrons. The molecule has 3 aliphatic heterocycles. The number of anilines is 2. The number of halogens is 2. The highest BCUT2D eigenvalue weighted by Crippen LogP contribution is 2.34. The second-order valence-corrected chi connectivity index (χ2v) is 15.7. The zero-order valence-electron chi connectivity index (χ0n) is 31.0. The van der Waals surface area contributed by atoms with Crippen LogP contribution in [0.15, 0.2) is 48.7 Å². The lowest BCUT2D eigenvalue weighted by atomic mass is 9.92. The third-order valence-electron chi connectivity index (χ3n) is 11.6. The Balaban J connectivity index is 0.768. The normalized spacial score (nSPS) is 21.5. The Hall–Kier alpha value is -5.33. The molecule has 16 heteroatoms. The molecule has 0 atom stereocenters. The van der Waals surface area contributed by atoms with Crippen molar-refractivity contribution < 1.29 is 23.5 Å². The number of amides is 4. The molecule has 292 valence electrons. The summed E-state index contributed by atoms with van der Waals surface area (Å²) in [5.41, 5.74) is 1.81. The molecule has 2 aromatic carbocycles. The number of aromatic nitrogens is 4. The number of imide groups is 1. The summed E-state index contributed by atoms with van der Waals surface area (Å²) >= 11 is 6.14. The molecule has 3 saturated heterocycles. The number of carbonyl (C=O) groups excluding carboxylic acids is 3. The van der Waals surface area contributed by atoms with Crippen molar-refractivity contribution in [3.63, 3.8) is 0 Å². The summed E-state index contributed by atoms with van der Waals surface area (Å²) < 4.78 is 22.8. The largest absolute Gasteiger partial charge is 0.490 e. The van der Waals surface area contributed by atoms with Crippen molar-refractivity contribution in [2.24, 2.45) is 5.92 Å². The molecule has 2 N–H and O–H groups in total. The maximum Gasteiger partial charge on any atom is 0.328 e. The van der Waals surface area contributed by atoms with Crippen LogP contribution in [-0.4, -0.2) is 94.1 Å². The Morgan fingerprint density at radius 1 is 0.964 bits per heavy atom. The molecule has 1 saturated carbocycles. The zero-order valence-corrected chi connectivity index (χ0v) is 31.8. The molecule has 0 bridgehead atoms. The van der Waals surface area contributed by atoms with Gasteiger partial charge in [-0.25, -0.2) is 9.18 Å². The molecule has 4 fully saturated rings. The van der Waals surface area contributed by atoms with Crippen LogP contribution in [0.4, 0.5) is 20.7 Å². The van der Waals surface area contributed by atoms with Gasteiger partial charge in [-0.1, -0.05) is 11.6 Å². The average Bonchev–Trinajstić information content (AvgIpc) is 3.63. The maximum absolute atomic E-state index is 14.8. The number of hydrogen-bond acceptors (Lipinski definition) is 10. The number of urea groups is 1. The standard InChI is InChI=1S/C40H44ClFN10O4/c41-33-21-31(4-1-26(33)22-43)56-30-5-2-28(3-6-30)45-39(54)34-7-8-37(48-47-34)50-16-9-25(10-17-50)24-49-14-11-29(12-15-49)52-36-20-27(42)19-35(32(36)23-44-52)51-18-13-38(53)46-40(51)55/h1,4,7-8,19-21,23,25,28-30H,2-3,5-6,9-18,24H2,(H,45,54)(H,46,53,55)/t28-,30-. The van der Waals surface area contributed by atoms with Gasteiger partial charge in [0.05, 0.1) is 40.1 Å². The fourth-order valence-electron chi connectivity index (χ4n) is 8.51. The number of nitrogens with one attached hydrogen (secondary N) is 2. The Labute approximate surface area is 328 Å². The van der Waals surface area contributed by atoms with Crippen LogP contribution in [0.25, 0.3) is 10.9 Å². The SMILES string of the molecule is N#Cc1ccc(O[C@H]2CC[C@H](NC(=O)c3ccc(N4CCC(CN5CCC(n6ncc7c(N8CCC(=O)NC8=O)cc(F)cc76)CC5)CC4)nn3)CC2)cc1Cl. The first kappa shape index (κ1) is 37.6. The molecule has 14 nitrogen and oxygen atoms in total. The molecule has 2 aromatic heterocycles. The van der Waals surface area contributed by atoms with E-state index < -0.39 is 11.8 Å². The number of hydrogen-bond donors (Lipinski definition) is 2. The molecule has 5 heterocycles. The van der Waals surface area contributed by atoms with E-state index in [1.165, 1.54) is 17.0 Å². The lowest BCUT2D eigenvalue weighted by Crippen LogP contribution is -2.49. The summed E-state index contributed by atoms with van der Waals surface area (Å²) in [4.78, 5) is 43.4. The highest BCUT2D eigenvalue weighted by molar-refractivity contribution is 6.31. The Bertz CT molecular complexity index is 2130. The van der Waals surface area contributed by atoms with E-state index in [1.54, 1.807) is 30.5 Å². The van der Waals surface area contributed by atoms with Crippen molar-refractivity contribution in [1.82, 2.24) is 35.5 Å². The molecule has 1 aliphatic carbocycles. The Morgan fingerprint density at radius 3 is 2.45 bits per heavy atom. The fraction of sp³-hybridized carbons (Fsp3) is 0.475. The van der Waals surface area contributed by atoms with Gasteiger partial charge in [0.1, 0.15) is 17.6 Å². The number of benzene rings is 2. The van der Waals surface area contributed by atoms with Gasteiger partial charge in [0.15, 0.2) is 11.5 Å². The molecule has 4 amide bonds. The lowest BCUT2D eigenvalue weighted by molar-refractivity contribution is -0.120. The lowest BCUT2D eigenvalue weighted by Gasteiger charge is -2.38. The van der Waals surface area contributed by atoms with Crippen LogP contribution in [0.1, 0.15) is 79.9 Å². The Morgan fingerprint density at radius 2 is 1.75 bits per heavy atom. The predicted octanol–water partition coefficient (Wildman–Crippen LogP) is 5.61. The number of likely N-dealkylation sites (tertiary alicyclic amines) is 1. The van der Waals surface area contributed by atoms with Crippen LogP contribution >= 0.6 is 11.6 Å². The number of rotatable bonds is 9. The summed E-state index contributed by atoms with van der Waals surface area (Å²) in [5, 5.41) is 28.9. The average molecular weight is 783 g/mol. The van der Waals surface area contributed by atoms with E-state index in [2.05, 4.69) is 41.8 Å². The predicted molar refractivity (Wildman–Crippen MR) is 207 cm³/mol. The van der Waals surface area contributed by atoms with Gasteiger partial charge in [0.2, 0.25) is 5.91 Å². The summed E-state index contributed by atoms with van der Waals surface area (Å²) in [6.07, 6.45) is 8.90. The number of piperidine rings is 2. The van der Waals surface area contributed by atoms with Crippen molar-refractivity contribution in [2.75, 3.05) is 49.1 Å². The fourth-order valence-corrected chi connectivity index (χ4v) is 8.72. The van der Waals surface area contributed by atoms with Crippen molar-refractivity contribution in [3.8, 4) is 11.8 Å². The van der Waals surface area contributed by atoms with Gasteiger partial charge < -0.3 is 19.9 Å². The van der Waals surface area contributed by atoms with Gasteiger partial charge in [0.25, 0.3) is 5.91 Å². The second-order valence-electron chi connectivity index (χ2n) is 15.3. The van der Waals surface area contributed by atoms with Crippen LogP contribution in [0.5, 0.6) is 5.75 Å². The van der Waals surface area contributed by atoms with Crippen LogP contribution < -0.4 is 25.2 Å². The monoisotopic (exact) mass is 782 g/mol. The number of fused-ring (bicyclic) bond motifs is 1. The van der Waals surface area contributed by atoms with Gasteiger partial charge in [-0.05, 0) is 93.7 Å².